The number of nitrogens with one attached hydrogen (secondary N) is 2. The van der Waals surface area contributed by atoms with E-state index in [0.29, 0.717) is 27.8 Å². The maximum absolute atomic E-state index is 15.0. The van der Waals surface area contributed by atoms with Gasteiger partial charge in [0.1, 0.15) is 28.9 Å². The van der Waals surface area contributed by atoms with Gasteiger partial charge in [0.15, 0.2) is 0 Å². The first kappa shape index (κ1) is 55.6. The maximum Gasteiger partial charge on any atom is 0.337 e. The van der Waals surface area contributed by atoms with Crippen molar-refractivity contribution in [2.75, 3.05) is 14.2 Å². The molecular weight excluding hydrogens is 1100 g/mol. The molecule has 20 nitrogen and oxygen atoms in total. The molecule has 4 heterocycles. The van der Waals surface area contributed by atoms with Crippen molar-refractivity contribution in [1.29, 1.82) is 0 Å². The first-order valence-electron chi connectivity index (χ1n) is 23.2. The van der Waals surface area contributed by atoms with Gasteiger partial charge in [-0.15, -0.1) is 0 Å². The Kier molecular flexibility index (Phi) is 16.6. The van der Waals surface area contributed by atoms with Gasteiger partial charge in [-0.25, -0.2) is 37.7 Å². The molecule has 0 aliphatic rings. The van der Waals surface area contributed by atoms with Crippen molar-refractivity contribution in [1.82, 2.24) is 48.2 Å². The summed E-state index contributed by atoms with van der Waals surface area (Å²) in [7, 11) is 7.10. The van der Waals surface area contributed by atoms with Crippen molar-refractivity contribution >= 4 is 92.1 Å². The van der Waals surface area contributed by atoms with Crippen LogP contribution in [0.2, 0.25) is 20.1 Å². The van der Waals surface area contributed by atoms with E-state index >= 15 is 0 Å². The molecule has 0 saturated heterocycles. The summed E-state index contributed by atoms with van der Waals surface area (Å²) in [6.07, 6.45) is 5.96. The number of benzene rings is 5. The normalized spacial score (nSPS) is 11.9. The molecule has 5 aromatic carbocycles. The average Bonchev–Trinajstić information content (AvgIpc) is 4.16. The number of carbonyl (C=O) groups excluding carboxylic acids is 4. The summed E-state index contributed by atoms with van der Waals surface area (Å²) in [6.45, 7) is 0. The highest BCUT2D eigenvalue weighted by molar-refractivity contribution is 6.40. The Labute approximate surface area is 460 Å². The Morgan fingerprint density at radius 3 is 1.51 bits per heavy atom. The molecule has 0 saturated carbocycles. The lowest BCUT2D eigenvalue weighted by atomic mass is 10.0. The average molecular weight is 1140 g/mol. The summed E-state index contributed by atoms with van der Waals surface area (Å²) >= 11 is 24.5. The molecule has 25 heteroatoms. The van der Waals surface area contributed by atoms with Gasteiger partial charge in [0.05, 0.1) is 85.9 Å². The summed E-state index contributed by atoms with van der Waals surface area (Å²) in [5.74, 6) is -3.31. The Balaban J connectivity index is 0.000000208. The van der Waals surface area contributed by atoms with E-state index < -0.39 is 64.2 Å². The van der Waals surface area contributed by atoms with E-state index in [4.69, 9.17) is 55.9 Å². The highest BCUT2D eigenvalue weighted by Crippen LogP contribution is 2.26. The number of ether oxygens (including phenoxy) is 2. The highest BCUT2D eigenvalue weighted by Gasteiger charge is 2.27. The van der Waals surface area contributed by atoms with Crippen LogP contribution in [0.1, 0.15) is 31.8 Å². The topological polar surface area (TPSA) is 234 Å². The zero-order chi connectivity index (χ0) is 56.3. The van der Waals surface area contributed by atoms with E-state index in [1.54, 1.807) is 68.8 Å². The molecule has 400 valence electrons. The predicted molar refractivity (Wildman–Crippen MR) is 290 cm³/mol. The zero-order valence-corrected chi connectivity index (χ0v) is 44.7. The molecule has 2 amide bonds. The van der Waals surface area contributed by atoms with E-state index in [-0.39, 0.29) is 66.3 Å². The zero-order valence-electron chi connectivity index (χ0n) is 41.7. The van der Waals surface area contributed by atoms with Crippen LogP contribution in [0.5, 0.6) is 0 Å². The van der Waals surface area contributed by atoms with Gasteiger partial charge < -0.3 is 24.7 Å². The molecule has 0 bridgehead atoms. The number of aryl methyl sites for hydroxylation is 3. The molecule has 2 N–H and O–H groups in total. The number of nitrogens with zero attached hydrogens (tertiary/aromatic N) is 8. The Morgan fingerprint density at radius 1 is 0.628 bits per heavy atom. The van der Waals surface area contributed by atoms with E-state index in [0.717, 1.165) is 15.2 Å². The number of hydrogen-bond donors (Lipinski definition) is 2. The lowest BCUT2D eigenvalue weighted by Gasteiger charge is -2.18. The molecule has 9 aromatic rings. The second kappa shape index (κ2) is 23.3. The van der Waals surface area contributed by atoms with Gasteiger partial charge in [-0.3, -0.25) is 33.0 Å². The monoisotopic (exact) mass is 1140 g/mol. The summed E-state index contributed by atoms with van der Waals surface area (Å²) in [4.78, 5) is 107. The van der Waals surface area contributed by atoms with Gasteiger partial charge in [-0.05, 0) is 71.8 Å². The summed E-state index contributed by atoms with van der Waals surface area (Å²) in [5, 5.41) is 10.1. The number of rotatable bonds is 13. The standard InChI is InChI=1S/C29H22Cl2FN5O5.C24H21Cl2N5O5/c1-35-23-14-24(36-11-10-33-15-36)21(32)13-18(23)27(39)37(29(35)41)17-8-6-16(7-9-17)12-22(28(40)42-2)34-26(38)25-19(30)4-3-5-20(25)31;1-29-21-15(12-27-30(21)2)22(33)31(24(29)35)14-9-7-13(8-10-14)11-18(23(34)36-3)28-20(32)19-16(25)5-4-6-17(19)26/h3-11,13-15,22H,12H2,1-2H3,(H,34,38);4-10,12,18H,11H2,1-3H3,(H,28,32)/t22-;18-/m00/s1. The van der Waals surface area contributed by atoms with Gasteiger partial charge in [-0.1, -0.05) is 82.8 Å². The Morgan fingerprint density at radius 2 is 1.08 bits per heavy atom. The van der Waals surface area contributed by atoms with Gasteiger partial charge in [-0.2, -0.15) is 5.10 Å². The highest BCUT2D eigenvalue weighted by atomic mass is 35.5. The number of amides is 2. The maximum atomic E-state index is 15.0. The molecule has 0 radical (unpaired) electrons. The van der Waals surface area contributed by atoms with Gasteiger partial charge >= 0.3 is 23.3 Å². The molecular formula is C53H43Cl4FN10O10. The first-order valence-corrected chi connectivity index (χ1v) is 24.7. The van der Waals surface area contributed by atoms with E-state index in [2.05, 4.69) is 20.7 Å². The third-order valence-electron chi connectivity index (χ3n) is 12.5. The third-order valence-corrected chi connectivity index (χ3v) is 13.7. The van der Waals surface area contributed by atoms with Gasteiger partial charge in [0.25, 0.3) is 22.9 Å². The number of hydrogen-bond acceptors (Lipinski definition) is 12. The largest absolute Gasteiger partial charge is 0.467 e. The fourth-order valence-corrected chi connectivity index (χ4v) is 9.68. The fourth-order valence-electron chi connectivity index (χ4n) is 8.54. The third kappa shape index (κ3) is 11.1. The Hall–Kier alpha value is -8.63. The summed E-state index contributed by atoms with van der Waals surface area (Å²) in [6, 6.07) is 22.3. The molecule has 0 unspecified atom stereocenters. The Bertz CT molecular complexity index is 4040. The van der Waals surface area contributed by atoms with E-state index in [1.807, 2.05) is 0 Å². The van der Waals surface area contributed by atoms with E-state index in [9.17, 15) is 42.7 Å². The van der Waals surface area contributed by atoms with Crippen LogP contribution in [-0.4, -0.2) is 87.7 Å². The molecule has 0 fully saturated rings. The number of carbonyl (C=O) groups is 4. The minimum atomic E-state index is -1.09. The van der Waals surface area contributed by atoms with Crippen molar-refractivity contribution < 1.29 is 33.0 Å². The van der Waals surface area contributed by atoms with Crippen LogP contribution in [-0.2, 0) is 53.0 Å². The van der Waals surface area contributed by atoms with Crippen LogP contribution in [0.3, 0.4) is 0 Å². The number of fused-ring (bicyclic) bond motifs is 2. The number of imidazole rings is 1. The molecule has 0 spiro atoms. The van der Waals surface area contributed by atoms with Crippen LogP contribution in [0.15, 0.2) is 141 Å². The quantitative estimate of drug-likeness (QED) is 0.125. The molecule has 78 heavy (non-hydrogen) atoms. The molecule has 0 aliphatic heterocycles. The second-order valence-corrected chi connectivity index (χ2v) is 18.9. The lowest BCUT2D eigenvalue weighted by Crippen LogP contribution is -2.43. The second-order valence-electron chi connectivity index (χ2n) is 17.3. The van der Waals surface area contributed by atoms with Crippen LogP contribution in [0.25, 0.3) is 39.0 Å². The lowest BCUT2D eigenvalue weighted by molar-refractivity contribution is -0.143. The number of methoxy groups -OCH3 is 2. The van der Waals surface area contributed by atoms with Crippen LogP contribution >= 0.6 is 46.4 Å². The van der Waals surface area contributed by atoms with Gasteiger partial charge in [0.2, 0.25) is 0 Å². The van der Waals surface area contributed by atoms with Crippen molar-refractivity contribution in [3.8, 4) is 17.1 Å². The summed E-state index contributed by atoms with van der Waals surface area (Å²) in [5.41, 5.74) is 0.304. The number of halogens is 5. The van der Waals surface area contributed by atoms with Crippen molar-refractivity contribution in [2.24, 2.45) is 21.1 Å². The molecule has 9 rings (SSSR count). The number of esters is 2. The predicted octanol–water partition coefficient (Wildman–Crippen LogP) is 6.08. The van der Waals surface area contributed by atoms with Crippen molar-refractivity contribution in [3.63, 3.8) is 0 Å². The fraction of sp³-hybridized carbons (Fsp3) is 0.170. The van der Waals surface area contributed by atoms with Crippen molar-refractivity contribution in [2.45, 2.75) is 24.9 Å². The van der Waals surface area contributed by atoms with Crippen LogP contribution in [0.4, 0.5) is 4.39 Å². The summed E-state index contributed by atoms with van der Waals surface area (Å²) < 4.78 is 32.2. The van der Waals surface area contributed by atoms with Gasteiger partial charge in [0, 0.05) is 46.4 Å². The van der Waals surface area contributed by atoms with Crippen molar-refractivity contribution in [3.05, 3.63) is 212 Å². The first-order chi connectivity index (χ1) is 37.2. The van der Waals surface area contributed by atoms with Crippen LogP contribution < -0.4 is 33.1 Å². The molecule has 2 atom stereocenters. The minimum absolute atomic E-state index is 0.00856. The smallest absolute Gasteiger partial charge is 0.337 e. The molecule has 0 aliphatic carbocycles. The minimum Gasteiger partial charge on any atom is -0.467 e. The van der Waals surface area contributed by atoms with Crippen LogP contribution in [0, 0.1) is 5.82 Å². The SMILES string of the molecule is COC(=O)[C@H](Cc1ccc(-n2c(=O)c3cc(F)c(-n4ccnc4)cc3n(C)c2=O)cc1)NC(=O)c1c(Cl)cccc1Cl.COC(=O)[C@H](Cc1ccc(-n2c(=O)c3cnn(C)c3n(C)c2=O)cc1)NC(=O)c1c(Cl)cccc1Cl. The molecule has 4 aromatic heterocycles. The number of aromatic nitrogens is 8. The van der Waals surface area contributed by atoms with E-state index in [1.165, 1.54) is 101 Å².